The second-order valence-corrected chi connectivity index (χ2v) is 25.1. The summed E-state index contributed by atoms with van der Waals surface area (Å²) >= 11 is 0. The van der Waals surface area contributed by atoms with Crippen LogP contribution in [-0.4, -0.2) is 262 Å². The Labute approximate surface area is 620 Å². The average molecular weight is 1590 g/mol. The molecule has 2 fully saturated rings. The number of phenols is 19. The Morgan fingerprint density at radius 1 is 0.442 bits per heavy atom. The molecule has 113 heavy (non-hydrogen) atoms. The van der Waals surface area contributed by atoms with Crippen molar-refractivity contribution in [2.24, 2.45) is 0 Å². The van der Waals surface area contributed by atoms with Gasteiger partial charge in [-0.15, -0.1) is 0 Å². The zero-order chi connectivity index (χ0) is 82.3. The van der Waals surface area contributed by atoms with E-state index >= 15 is 9.59 Å². The van der Waals surface area contributed by atoms with Gasteiger partial charge in [0, 0.05) is 28.8 Å². The zero-order valence-electron chi connectivity index (χ0n) is 55.4. The Morgan fingerprint density at radius 2 is 0.929 bits per heavy atom. The molecule has 12 unspecified atom stereocenters. The van der Waals surface area contributed by atoms with Crippen LogP contribution in [-0.2, 0) is 57.0 Å². The molecule has 0 radical (unpaired) electrons. The summed E-state index contributed by atoms with van der Waals surface area (Å²) in [7, 11) is 0. The van der Waals surface area contributed by atoms with E-state index in [9.17, 15) is 156 Å². The predicted octanol–water partition coefficient (Wildman–Crippen LogP) is -0.978. The number of ketones is 1. The molecule has 592 valence electrons. The van der Waals surface area contributed by atoms with E-state index in [4.69, 9.17) is 56.8 Å². The van der Waals surface area contributed by atoms with Crippen molar-refractivity contribution in [1.29, 1.82) is 0 Å². The molecule has 45 heteroatoms. The van der Waals surface area contributed by atoms with Gasteiger partial charge in [-0.2, -0.15) is 0 Å². The smallest absolute Gasteiger partial charge is 0.342 e. The first-order valence-electron chi connectivity index (χ1n) is 31.6. The molecule has 1 aliphatic carbocycles. The number of ether oxygens (including phenoxy) is 12. The molecule has 6 aliphatic rings. The molecule has 45 nitrogen and oxygen atoms in total. The van der Waals surface area contributed by atoms with E-state index in [1.165, 1.54) is 0 Å². The SMILES string of the molecule is O=C1OC2C3COC(=O)c4cc(Oc5c(C(=O)OC6C(OC(=O)c7cc(O)c(O)c(O)c7)OC(COC(=O)c7cc(O)c(O)c(O)c7)C(O)C6O)cc(O)c(O)c5O)c(O)c(O)c4-c4c(cc(O)c(O)c4O)C(=O)OC2C(OC(=O)c2cc4c(c(O)c2O)OC2(O)C(=O)C=C1C4C2(O)O)C(OC(=O)c1cc(O)c(O)c(O)c1)O3. The average Bonchev–Trinajstić information content (AvgIpc) is 0.695. The summed E-state index contributed by atoms with van der Waals surface area (Å²) in [6.45, 7) is -2.84. The molecule has 5 aliphatic heterocycles. The maximum atomic E-state index is 15.3. The van der Waals surface area contributed by atoms with Crippen molar-refractivity contribution in [1.82, 2.24) is 0 Å². The Hall–Kier alpha value is -14.8. The number of benzene rings is 7. The fourth-order valence-corrected chi connectivity index (χ4v) is 12.6. The lowest BCUT2D eigenvalue weighted by Crippen LogP contribution is -2.70. The van der Waals surface area contributed by atoms with Gasteiger partial charge in [-0.1, -0.05) is 0 Å². The number of hydrogen-bond acceptors (Lipinski definition) is 45. The number of phenolic OH excluding ortho intramolecular Hbond substituents is 19. The molecule has 0 saturated carbocycles. The van der Waals surface area contributed by atoms with Gasteiger partial charge in [0.2, 0.25) is 53.2 Å². The molecule has 24 N–H and O–H groups in total. The van der Waals surface area contributed by atoms with E-state index in [2.05, 4.69) is 0 Å². The number of hydrogen-bond donors (Lipinski definition) is 24. The minimum Gasteiger partial charge on any atom is -0.504 e. The second-order valence-electron chi connectivity index (χ2n) is 25.1. The molecular formula is C68H50O45. The van der Waals surface area contributed by atoms with Crippen molar-refractivity contribution in [3.8, 4) is 138 Å². The third-order valence-electron chi connectivity index (χ3n) is 18.3. The van der Waals surface area contributed by atoms with Gasteiger partial charge in [0.15, 0.2) is 116 Å². The van der Waals surface area contributed by atoms with Gasteiger partial charge in [-0.05, 0) is 54.6 Å². The highest BCUT2D eigenvalue weighted by molar-refractivity contribution is 6.10. The van der Waals surface area contributed by atoms with Crippen LogP contribution >= 0.6 is 0 Å². The minimum absolute atomic E-state index is 0.176. The number of aromatic hydroxyl groups is 19. The molecular weight excluding hydrogens is 1540 g/mol. The normalized spacial score (nSPS) is 24.0. The van der Waals surface area contributed by atoms with Gasteiger partial charge < -0.3 is 179 Å². The summed E-state index contributed by atoms with van der Waals surface area (Å²) in [4.78, 5) is 129. The number of esters is 8. The van der Waals surface area contributed by atoms with Crippen LogP contribution < -0.4 is 9.47 Å². The molecule has 7 aromatic rings. The summed E-state index contributed by atoms with van der Waals surface area (Å²) < 4.78 is 66.4. The third-order valence-corrected chi connectivity index (χ3v) is 18.3. The van der Waals surface area contributed by atoms with Gasteiger partial charge in [-0.3, -0.25) is 4.79 Å². The molecule has 5 heterocycles. The number of fused-ring (bicyclic) bond motifs is 5. The quantitative estimate of drug-likeness (QED) is 0.0320. The molecule has 0 spiro atoms. The van der Waals surface area contributed by atoms with E-state index in [1.54, 1.807) is 0 Å². The third kappa shape index (κ3) is 12.5. The Morgan fingerprint density at radius 3 is 1.50 bits per heavy atom. The number of cyclic esters (lactones) is 1. The highest BCUT2D eigenvalue weighted by Crippen LogP contribution is 2.60. The second kappa shape index (κ2) is 27.4. The highest BCUT2D eigenvalue weighted by atomic mass is 16.8. The lowest BCUT2D eigenvalue weighted by molar-refractivity contribution is -0.339. The van der Waals surface area contributed by atoms with Gasteiger partial charge in [0.1, 0.15) is 48.8 Å². The molecule has 13 rings (SSSR count). The van der Waals surface area contributed by atoms with Crippen LogP contribution in [0.2, 0.25) is 0 Å². The number of aliphatic hydroxyl groups is 5. The van der Waals surface area contributed by atoms with Crippen LogP contribution in [0.3, 0.4) is 0 Å². The largest absolute Gasteiger partial charge is 0.504 e. The van der Waals surface area contributed by atoms with Crippen LogP contribution in [0.15, 0.2) is 72.3 Å². The topological polar surface area (TPSA) is 750 Å². The first-order valence-corrected chi connectivity index (χ1v) is 31.6. The van der Waals surface area contributed by atoms with Gasteiger partial charge in [0.05, 0.1) is 39.3 Å². The van der Waals surface area contributed by atoms with Crippen molar-refractivity contribution in [2.75, 3.05) is 13.2 Å². The van der Waals surface area contributed by atoms with Gasteiger partial charge >= 0.3 is 53.5 Å². The van der Waals surface area contributed by atoms with E-state index in [1.807, 2.05) is 0 Å². The van der Waals surface area contributed by atoms with Gasteiger partial charge in [-0.25, -0.2) is 38.4 Å². The van der Waals surface area contributed by atoms with E-state index < -0.39 is 333 Å². The number of aliphatic hydroxyl groups excluding tert-OH is 2. The number of carbonyl (C=O) groups excluding carboxylic acids is 9. The summed E-state index contributed by atoms with van der Waals surface area (Å²) in [6.07, 6.45) is -26.2. The fraction of sp³-hybridized carbons (Fsp3) is 0.221. The molecule has 0 aromatic heterocycles. The van der Waals surface area contributed by atoms with Crippen molar-refractivity contribution in [2.45, 2.75) is 78.9 Å². The van der Waals surface area contributed by atoms with Crippen molar-refractivity contribution >= 4 is 53.5 Å². The first kappa shape index (κ1) is 76.4. The Kier molecular flexibility index (Phi) is 18.5. The molecule has 8 bridgehead atoms. The van der Waals surface area contributed by atoms with Crippen LogP contribution in [0, 0.1) is 0 Å². The van der Waals surface area contributed by atoms with Crippen molar-refractivity contribution in [3.63, 3.8) is 0 Å². The molecule has 0 amide bonds. The predicted molar refractivity (Wildman–Crippen MR) is 343 cm³/mol. The van der Waals surface area contributed by atoms with Crippen molar-refractivity contribution < 1.29 is 223 Å². The van der Waals surface area contributed by atoms with E-state index in [-0.39, 0.29) is 24.3 Å². The van der Waals surface area contributed by atoms with Crippen LogP contribution in [0.1, 0.15) is 84.0 Å². The summed E-state index contributed by atoms with van der Waals surface area (Å²) in [5.41, 5.74) is -13.2. The Bertz CT molecular complexity index is 5320. The fourth-order valence-electron chi connectivity index (χ4n) is 12.6. The first-order chi connectivity index (χ1) is 53.0. The summed E-state index contributed by atoms with van der Waals surface area (Å²) in [6, 6.07) is 4.11. The van der Waals surface area contributed by atoms with E-state index in [0.29, 0.717) is 42.5 Å². The molecule has 12 atom stereocenters. The van der Waals surface area contributed by atoms with E-state index in [0.717, 1.165) is 0 Å². The van der Waals surface area contributed by atoms with Crippen molar-refractivity contribution in [3.05, 3.63) is 117 Å². The minimum atomic E-state index is -4.07. The van der Waals surface area contributed by atoms with Gasteiger partial charge in [0.25, 0.3) is 5.79 Å². The zero-order valence-corrected chi connectivity index (χ0v) is 55.4. The standard InChI is InChI=1S/C68H50O45/c69-23-1-14(2-24(70)39(23)79)57(91)102-12-32-45(85)50(90)54(65(105-32)111-58(92)15-3-25(71)40(80)26(72)4-15)108-64(98)22-9-30(76)43(83)49(89)51(22)104-31-10-18-36(47(87)44(31)84)35-17(8-29(75)42(82)46(35)86)61(95)109-55-53-33(13-103-60(18)94)106-66(112-59(93)16-5-27(73)41(81)28(74)6-16)56(55)110-63(97)21-7-19-37-20(62(96)107-53)11-34(77)68(101,67(37,99)100)113-52(19)48(88)38(21)78/h1-11,32-33,37,45,50,53-56,65-66,69-76,78-90,99-101H,12-13H2. The monoisotopic (exact) mass is 1590 g/mol. The molecule has 2 saturated heterocycles. The maximum Gasteiger partial charge on any atom is 0.342 e. The maximum absolute atomic E-state index is 15.3. The Balaban J connectivity index is 0.907. The van der Waals surface area contributed by atoms with Crippen LogP contribution in [0.25, 0.3) is 11.1 Å². The summed E-state index contributed by atoms with van der Waals surface area (Å²) in [5.74, 6) is -59.2. The number of rotatable bonds is 11. The number of carbonyl (C=O) groups is 9. The lowest BCUT2D eigenvalue weighted by Gasteiger charge is -2.49. The highest BCUT2D eigenvalue weighted by Gasteiger charge is 2.70. The van der Waals surface area contributed by atoms with Crippen LogP contribution in [0.5, 0.6) is 126 Å². The lowest BCUT2D eigenvalue weighted by atomic mass is 9.71. The summed E-state index contributed by atoms with van der Waals surface area (Å²) in [5, 5.41) is 263. The molecule has 7 aromatic carbocycles. The van der Waals surface area contributed by atoms with Crippen LogP contribution in [0.4, 0.5) is 0 Å².